The van der Waals surface area contributed by atoms with E-state index in [-0.39, 0.29) is 0 Å². The van der Waals surface area contributed by atoms with Crippen molar-refractivity contribution in [3.05, 3.63) is 27.7 Å². The van der Waals surface area contributed by atoms with E-state index in [2.05, 4.69) is 33.1 Å². The maximum absolute atomic E-state index is 6.03. The van der Waals surface area contributed by atoms with Gasteiger partial charge in [0.1, 0.15) is 0 Å². The van der Waals surface area contributed by atoms with Crippen LogP contribution in [0, 0.1) is 0 Å². The third-order valence-corrected chi connectivity index (χ3v) is 4.34. The van der Waals surface area contributed by atoms with Gasteiger partial charge in [-0.1, -0.05) is 18.5 Å². The van der Waals surface area contributed by atoms with Crippen LogP contribution in [0.2, 0.25) is 5.02 Å². The Hall–Kier alpha value is -0.250. The Labute approximate surface area is 123 Å². The minimum atomic E-state index is 0.563. The van der Waals surface area contributed by atoms with E-state index in [0.29, 0.717) is 6.04 Å². The van der Waals surface area contributed by atoms with Crippen LogP contribution < -0.4 is 5.32 Å². The first-order valence-corrected chi connectivity index (χ1v) is 7.80. The number of benzene rings is 1. The van der Waals surface area contributed by atoms with Crippen molar-refractivity contribution in [2.75, 3.05) is 25.0 Å². The summed E-state index contributed by atoms with van der Waals surface area (Å²) in [5.41, 5.74) is 1.11. The standard InChI is InChI=1S/C14H20BrClN2/c1-2-7-18-8-5-12(6-9-18)17-14-10-11(16)3-4-13(14)15/h3-4,10,12,17H,2,5-9H2,1H3. The molecule has 0 amide bonds. The van der Waals surface area contributed by atoms with Crippen molar-refractivity contribution < 1.29 is 0 Å². The number of nitrogens with zero attached hydrogens (tertiary/aromatic N) is 1. The van der Waals surface area contributed by atoms with Gasteiger partial charge in [-0.3, -0.25) is 0 Å². The summed E-state index contributed by atoms with van der Waals surface area (Å²) in [6.45, 7) is 5.87. The second-order valence-corrected chi connectivity index (χ2v) is 6.18. The maximum atomic E-state index is 6.03. The maximum Gasteiger partial charge on any atom is 0.0501 e. The fraction of sp³-hybridized carbons (Fsp3) is 0.571. The molecule has 1 N–H and O–H groups in total. The zero-order valence-corrected chi connectivity index (χ0v) is 13.1. The van der Waals surface area contributed by atoms with Crippen molar-refractivity contribution >= 4 is 33.2 Å². The topological polar surface area (TPSA) is 15.3 Å². The quantitative estimate of drug-likeness (QED) is 0.880. The molecule has 18 heavy (non-hydrogen) atoms. The molecule has 1 aromatic rings. The highest BCUT2D eigenvalue weighted by Gasteiger charge is 2.18. The molecule has 1 aliphatic heterocycles. The van der Waals surface area contributed by atoms with Crippen LogP contribution >= 0.6 is 27.5 Å². The molecule has 1 heterocycles. The van der Waals surface area contributed by atoms with E-state index in [4.69, 9.17) is 11.6 Å². The number of piperidine rings is 1. The lowest BCUT2D eigenvalue weighted by atomic mass is 10.0. The summed E-state index contributed by atoms with van der Waals surface area (Å²) in [4.78, 5) is 2.55. The molecule has 1 saturated heterocycles. The number of rotatable bonds is 4. The largest absolute Gasteiger partial charge is 0.381 e. The molecule has 100 valence electrons. The van der Waals surface area contributed by atoms with Gasteiger partial charge in [0.25, 0.3) is 0 Å². The molecule has 0 atom stereocenters. The molecule has 0 aromatic heterocycles. The fourth-order valence-corrected chi connectivity index (χ4v) is 2.98. The Kier molecular flexibility index (Phi) is 5.34. The molecule has 0 spiro atoms. The van der Waals surface area contributed by atoms with Crippen LogP contribution in [-0.2, 0) is 0 Å². The van der Waals surface area contributed by atoms with E-state index in [0.717, 1.165) is 15.2 Å². The highest BCUT2D eigenvalue weighted by Crippen LogP contribution is 2.28. The number of likely N-dealkylation sites (tertiary alicyclic amines) is 1. The second kappa shape index (κ2) is 6.78. The number of anilines is 1. The molecule has 4 heteroatoms. The normalized spacial score (nSPS) is 17.9. The first-order chi connectivity index (χ1) is 8.69. The lowest BCUT2D eigenvalue weighted by molar-refractivity contribution is 0.219. The van der Waals surface area contributed by atoms with Crippen LogP contribution in [0.15, 0.2) is 22.7 Å². The number of hydrogen-bond donors (Lipinski definition) is 1. The lowest BCUT2D eigenvalue weighted by Crippen LogP contribution is -2.39. The average molecular weight is 332 g/mol. The molecule has 2 nitrogen and oxygen atoms in total. The molecule has 0 bridgehead atoms. The molecule has 0 aliphatic carbocycles. The number of nitrogens with one attached hydrogen (secondary N) is 1. The van der Waals surface area contributed by atoms with E-state index in [1.807, 2.05) is 18.2 Å². The molecule has 0 radical (unpaired) electrons. The van der Waals surface area contributed by atoms with Gasteiger partial charge in [-0.05, 0) is 59.9 Å². The third-order valence-electron chi connectivity index (χ3n) is 3.42. The van der Waals surface area contributed by atoms with Gasteiger partial charge in [-0.15, -0.1) is 0 Å². The van der Waals surface area contributed by atoms with Crippen LogP contribution in [0.4, 0.5) is 5.69 Å². The van der Waals surface area contributed by atoms with E-state index in [9.17, 15) is 0 Å². The van der Waals surface area contributed by atoms with Crippen molar-refractivity contribution in [2.45, 2.75) is 32.2 Å². The highest BCUT2D eigenvalue weighted by molar-refractivity contribution is 9.10. The van der Waals surface area contributed by atoms with E-state index < -0.39 is 0 Å². The van der Waals surface area contributed by atoms with Crippen LogP contribution in [-0.4, -0.2) is 30.6 Å². The highest BCUT2D eigenvalue weighted by atomic mass is 79.9. The Morgan fingerprint density at radius 3 is 2.78 bits per heavy atom. The Bertz CT molecular complexity index is 389. The van der Waals surface area contributed by atoms with Gasteiger partial charge in [0, 0.05) is 28.6 Å². The predicted molar refractivity (Wildman–Crippen MR) is 82.5 cm³/mol. The Balaban J connectivity index is 1.89. The molecule has 2 rings (SSSR count). The number of hydrogen-bond acceptors (Lipinski definition) is 2. The monoisotopic (exact) mass is 330 g/mol. The van der Waals surface area contributed by atoms with Gasteiger partial charge in [0.15, 0.2) is 0 Å². The minimum absolute atomic E-state index is 0.563. The Morgan fingerprint density at radius 2 is 2.11 bits per heavy atom. The second-order valence-electron chi connectivity index (χ2n) is 4.88. The van der Waals surface area contributed by atoms with Gasteiger partial charge in [0.2, 0.25) is 0 Å². The Morgan fingerprint density at radius 1 is 1.39 bits per heavy atom. The van der Waals surface area contributed by atoms with Crippen LogP contribution in [0.5, 0.6) is 0 Å². The van der Waals surface area contributed by atoms with Gasteiger partial charge in [0.05, 0.1) is 5.69 Å². The van der Waals surface area contributed by atoms with Gasteiger partial charge >= 0.3 is 0 Å². The fourth-order valence-electron chi connectivity index (χ4n) is 2.45. The average Bonchev–Trinajstić information content (AvgIpc) is 2.37. The van der Waals surface area contributed by atoms with Crippen molar-refractivity contribution in [3.8, 4) is 0 Å². The zero-order chi connectivity index (χ0) is 13.0. The van der Waals surface area contributed by atoms with Crippen molar-refractivity contribution in [1.29, 1.82) is 0 Å². The molecule has 0 unspecified atom stereocenters. The van der Waals surface area contributed by atoms with Crippen molar-refractivity contribution in [1.82, 2.24) is 4.90 Å². The summed E-state index contributed by atoms with van der Waals surface area (Å²) in [5, 5.41) is 4.38. The predicted octanol–water partition coefficient (Wildman–Crippen LogP) is 4.39. The van der Waals surface area contributed by atoms with Gasteiger partial charge < -0.3 is 10.2 Å². The summed E-state index contributed by atoms with van der Waals surface area (Å²) >= 11 is 9.59. The van der Waals surface area contributed by atoms with Crippen LogP contribution in [0.25, 0.3) is 0 Å². The van der Waals surface area contributed by atoms with Crippen LogP contribution in [0.3, 0.4) is 0 Å². The summed E-state index contributed by atoms with van der Waals surface area (Å²) in [5.74, 6) is 0. The molecule has 1 aromatic carbocycles. The van der Waals surface area contributed by atoms with E-state index in [1.54, 1.807) is 0 Å². The van der Waals surface area contributed by atoms with E-state index >= 15 is 0 Å². The summed E-state index contributed by atoms with van der Waals surface area (Å²) < 4.78 is 1.09. The third kappa shape index (κ3) is 3.87. The molecule has 1 fully saturated rings. The summed E-state index contributed by atoms with van der Waals surface area (Å²) in [7, 11) is 0. The smallest absolute Gasteiger partial charge is 0.0501 e. The van der Waals surface area contributed by atoms with E-state index in [1.165, 1.54) is 38.9 Å². The SMILES string of the molecule is CCCN1CCC(Nc2cc(Cl)ccc2Br)CC1. The van der Waals surface area contributed by atoms with Crippen molar-refractivity contribution in [3.63, 3.8) is 0 Å². The first kappa shape index (κ1) is 14.2. The zero-order valence-electron chi connectivity index (χ0n) is 10.8. The molecular weight excluding hydrogens is 312 g/mol. The first-order valence-electron chi connectivity index (χ1n) is 6.63. The molecule has 1 aliphatic rings. The van der Waals surface area contributed by atoms with Gasteiger partial charge in [-0.25, -0.2) is 0 Å². The molecule has 0 saturated carbocycles. The van der Waals surface area contributed by atoms with Crippen LogP contribution in [0.1, 0.15) is 26.2 Å². The lowest BCUT2D eigenvalue weighted by Gasteiger charge is -2.32. The molecular formula is C14H20BrClN2. The minimum Gasteiger partial charge on any atom is -0.381 e. The van der Waals surface area contributed by atoms with Gasteiger partial charge in [-0.2, -0.15) is 0 Å². The summed E-state index contributed by atoms with van der Waals surface area (Å²) in [6.07, 6.45) is 3.66. The van der Waals surface area contributed by atoms with Crippen molar-refractivity contribution in [2.24, 2.45) is 0 Å². The summed E-state index contributed by atoms with van der Waals surface area (Å²) in [6, 6.07) is 6.45. The number of halogens is 2.